The third-order valence-electron chi connectivity index (χ3n) is 3.59. The molecule has 0 aliphatic heterocycles. The molecule has 2 heteroatoms. The highest BCUT2D eigenvalue weighted by molar-refractivity contribution is 14.1. The van der Waals surface area contributed by atoms with Crippen molar-refractivity contribution in [2.45, 2.75) is 64.4 Å². The van der Waals surface area contributed by atoms with Gasteiger partial charge >= 0.3 is 0 Å². The van der Waals surface area contributed by atoms with Crippen molar-refractivity contribution in [3.8, 4) is 0 Å². The minimum atomic E-state index is 0.237. The number of hydrogen-bond donors (Lipinski definition) is 0. The van der Waals surface area contributed by atoms with Crippen molar-refractivity contribution in [3.63, 3.8) is 0 Å². The fourth-order valence-electron chi connectivity index (χ4n) is 2.25. The molecule has 0 N–H and O–H groups in total. The third-order valence-corrected chi connectivity index (χ3v) is 4.98. The Morgan fingerprint density at radius 3 is 2.47 bits per heavy atom. The lowest BCUT2D eigenvalue weighted by atomic mass is 9.80. The van der Waals surface area contributed by atoms with Crippen LogP contribution in [-0.4, -0.2) is 16.6 Å². The van der Waals surface area contributed by atoms with Crippen molar-refractivity contribution in [3.05, 3.63) is 0 Å². The first-order chi connectivity index (χ1) is 7.22. The van der Waals surface area contributed by atoms with Crippen molar-refractivity contribution in [1.82, 2.24) is 0 Å². The number of alkyl halides is 1. The number of rotatable bonds is 6. The van der Waals surface area contributed by atoms with E-state index in [0.29, 0.717) is 0 Å². The van der Waals surface area contributed by atoms with Gasteiger partial charge in [0.25, 0.3) is 0 Å². The van der Waals surface area contributed by atoms with E-state index in [1.54, 1.807) is 0 Å². The molecule has 0 unspecified atom stereocenters. The van der Waals surface area contributed by atoms with Crippen LogP contribution in [0.2, 0.25) is 0 Å². The van der Waals surface area contributed by atoms with Gasteiger partial charge in [-0.2, -0.15) is 0 Å². The molecule has 0 saturated heterocycles. The van der Waals surface area contributed by atoms with Gasteiger partial charge < -0.3 is 4.74 Å². The summed E-state index contributed by atoms with van der Waals surface area (Å²) in [5, 5.41) is 0. The van der Waals surface area contributed by atoms with E-state index in [0.717, 1.165) is 12.5 Å². The molecule has 0 aromatic carbocycles. The number of ether oxygens (including phenoxy) is 1. The molecule has 1 aliphatic carbocycles. The van der Waals surface area contributed by atoms with Gasteiger partial charge in [-0.25, -0.2) is 0 Å². The van der Waals surface area contributed by atoms with Crippen LogP contribution in [0, 0.1) is 5.92 Å². The van der Waals surface area contributed by atoms with Crippen molar-refractivity contribution in [2.24, 2.45) is 5.92 Å². The average molecular weight is 324 g/mol. The van der Waals surface area contributed by atoms with Crippen LogP contribution in [0.4, 0.5) is 0 Å². The number of halogens is 1. The monoisotopic (exact) mass is 324 g/mol. The van der Waals surface area contributed by atoms with E-state index >= 15 is 0 Å². The van der Waals surface area contributed by atoms with E-state index in [-0.39, 0.29) is 5.60 Å². The van der Waals surface area contributed by atoms with Crippen LogP contribution in [0.25, 0.3) is 0 Å². The summed E-state index contributed by atoms with van der Waals surface area (Å²) in [6.07, 6.45) is 9.12. The standard InChI is InChI=1S/C13H25IO/c1-3-4-5-10-15-13(11-14)8-6-12(2)7-9-13/h12H,3-11H2,1-2H3. The lowest BCUT2D eigenvalue weighted by molar-refractivity contribution is -0.0585. The highest BCUT2D eigenvalue weighted by Gasteiger charge is 2.33. The molecule has 15 heavy (non-hydrogen) atoms. The molecule has 0 amide bonds. The van der Waals surface area contributed by atoms with E-state index in [2.05, 4.69) is 36.4 Å². The predicted octanol–water partition coefficient (Wildman–Crippen LogP) is 4.58. The van der Waals surface area contributed by atoms with Crippen LogP contribution in [0.15, 0.2) is 0 Å². The van der Waals surface area contributed by atoms with Crippen molar-refractivity contribution in [2.75, 3.05) is 11.0 Å². The SMILES string of the molecule is CCCCCOC1(CI)CCC(C)CC1. The van der Waals surface area contributed by atoms with Crippen LogP contribution in [0.1, 0.15) is 58.8 Å². The van der Waals surface area contributed by atoms with Gasteiger partial charge in [0, 0.05) is 11.0 Å². The van der Waals surface area contributed by atoms with Crippen molar-refractivity contribution >= 4 is 22.6 Å². The summed E-state index contributed by atoms with van der Waals surface area (Å²) in [4.78, 5) is 0. The molecule has 0 spiro atoms. The predicted molar refractivity (Wildman–Crippen MR) is 74.7 cm³/mol. The molecule has 1 fully saturated rings. The zero-order chi connectivity index (χ0) is 11.1. The molecule has 0 heterocycles. The summed E-state index contributed by atoms with van der Waals surface area (Å²) < 4.78 is 7.33. The molecular weight excluding hydrogens is 299 g/mol. The lowest BCUT2D eigenvalue weighted by Crippen LogP contribution is -2.38. The molecule has 0 bridgehead atoms. The van der Waals surface area contributed by atoms with Crippen LogP contribution < -0.4 is 0 Å². The highest BCUT2D eigenvalue weighted by atomic mass is 127. The molecule has 1 aliphatic rings. The number of unbranched alkanes of at least 4 members (excludes halogenated alkanes) is 2. The van der Waals surface area contributed by atoms with Gasteiger partial charge in [-0.1, -0.05) is 49.3 Å². The zero-order valence-electron chi connectivity index (χ0n) is 10.2. The second-order valence-electron chi connectivity index (χ2n) is 5.05. The Morgan fingerprint density at radius 1 is 1.27 bits per heavy atom. The maximum absolute atomic E-state index is 6.16. The summed E-state index contributed by atoms with van der Waals surface area (Å²) >= 11 is 2.50. The van der Waals surface area contributed by atoms with Gasteiger partial charge in [-0.3, -0.25) is 0 Å². The van der Waals surface area contributed by atoms with Gasteiger partial charge in [0.05, 0.1) is 5.60 Å². The topological polar surface area (TPSA) is 9.23 Å². The highest BCUT2D eigenvalue weighted by Crippen LogP contribution is 2.36. The normalized spacial score (nSPS) is 31.8. The van der Waals surface area contributed by atoms with Crippen LogP contribution in [0.3, 0.4) is 0 Å². The molecular formula is C13H25IO. The molecule has 0 aromatic rings. The van der Waals surface area contributed by atoms with E-state index in [1.807, 2.05) is 0 Å². The molecule has 90 valence electrons. The van der Waals surface area contributed by atoms with Crippen LogP contribution >= 0.6 is 22.6 Å². The smallest absolute Gasteiger partial charge is 0.0771 e. The summed E-state index contributed by atoms with van der Waals surface area (Å²) in [5.74, 6) is 0.917. The van der Waals surface area contributed by atoms with Gasteiger partial charge in [-0.15, -0.1) is 0 Å². The van der Waals surface area contributed by atoms with Gasteiger partial charge in [0.15, 0.2) is 0 Å². The van der Waals surface area contributed by atoms with Crippen molar-refractivity contribution < 1.29 is 4.74 Å². The minimum Gasteiger partial charge on any atom is -0.374 e. The fraction of sp³-hybridized carbons (Fsp3) is 1.00. The summed E-state index contributed by atoms with van der Waals surface area (Å²) in [6, 6.07) is 0. The Labute approximate surface area is 108 Å². The third kappa shape index (κ3) is 4.59. The Balaban J connectivity index is 2.27. The summed E-state index contributed by atoms with van der Waals surface area (Å²) in [7, 11) is 0. The first-order valence-electron chi connectivity index (χ1n) is 6.42. The maximum Gasteiger partial charge on any atom is 0.0771 e. The number of hydrogen-bond acceptors (Lipinski definition) is 1. The molecule has 0 aromatic heterocycles. The maximum atomic E-state index is 6.16. The van der Waals surface area contributed by atoms with E-state index in [4.69, 9.17) is 4.74 Å². The molecule has 1 nitrogen and oxygen atoms in total. The molecule has 1 saturated carbocycles. The Morgan fingerprint density at radius 2 is 1.93 bits per heavy atom. The van der Waals surface area contributed by atoms with E-state index < -0.39 is 0 Å². The van der Waals surface area contributed by atoms with Gasteiger partial charge in [0.1, 0.15) is 0 Å². The largest absolute Gasteiger partial charge is 0.374 e. The lowest BCUT2D eigenvalue weighted by Gasteiger charge is -2.38. The second kappa shape index (κ2) is 7.10. The van der Waals surface area contributed by atoms with Crippen LogP contribution in [-0.2, 0) is 4.74 Å². The van der Waals surface area contributed by atoms with E-state index in [9.17, 15) is 0 Å². The Hall–Kier alpha value is 0.690. The molecule has 0 atom stereocenters. The zero-order valence-corrected chi connectivity index (χ0v) is 12.4. The second-order valence-corrected chi connectivity index (χ2v) is 5.82. The average Bonchev–Trinajstić information content (AvgIpc) is 2.28. The quantitative estimate of drug-likeness (QED) is 0.395. The summed E-state index contributed by atoms with van der Waals surface area (Å²) in [5.41, 5.74) is 0.237. The molecule has 1 rings (SSSR count). The first-order valence-corrected chi connectivity index (χ1v) is 7.95. The van der Waals surface area contributed by atoms with Gasteiger partial charge in [0.2, 0.25) is 0 Å². The first kappa shape index (κ1) is 13.8. The molecule has 0 radical (unpaired) electrons. The minimum absolute atomic E-state index is 0.237. The van der Waals surface area contributed by atoms with Crippen LogP contribution in [0.5, 0.6) is 0 Å². The van der Waals surface area contributed by atoms with E-state index in [1.165, 1.54) is 49.4 Å². The van der Waals surface area contributed by atoms with Crippen molar-refractivity contribution in [1.29, 1.82) is 0 Å². The Bertz CT molecular complexity index is 162. The summed E-state index contributed by atoms with van der Waals surface area (Å²) in [6.45, 7) is 5.59. The fourth-order valence-corrected chi connectivity index (χ4v) is 3.23. The van der Waals surface area contributed by atoms with Gasteiger partial charge in [-0.05, 0) is 38.0 Å². The Kier molecular flexibility index (Phi) is 6.51.